The van der Waals surface area contributed by atoms with Crippen LogP contribution in [0.2, 0.25) is 0 Å². The van der Waals surface area contributed by atoms with E-state index >= 15 is 0 Å². The van der Waals surface area contributed by atoms with Crippen molar-refractivity contribution >= 4 is 15.9 Å². The van der Waals surface area contributed by atoms with Crippen LogP contribution in [-0.4, -0.2) is 29.6 Å². The Morgan fingerprint density at radius 1 is 1.04 bits per heavy atom. The van der Waals surface area contributed by atoms with Gasteiger partial charge in [0, 0.05) is 11.0 Å². The summed E-state index contributed by atoms with van der Waals surface area (Å²) in [4.78, 5) is 2.34. The SMILES string of the molecule is O[C@@H](CN1CCC(Cc2ccc(F)cc2)CC1)c1ccc(Br)cc1. The first-order valence-electron chi connectivity index (χ1n) is 8.50. The third-order valence-corrected chi connectivity index (χ3v) is 5.36. The van der Waals surface area contributed by atoms with Gasteiger partial charge in [0.1, 0.15) is 5.82 Å². The number of hydrogen-bond acceptors (Lipinski definition) is 2. The molecule has 128 valence electrons. The lowest BCUT2D eigenvalue weighted by molar-refractivity contribution is 0.0893. The van der Waals surface area contributed by atoms with Crippen LogP contribution in [0.3, 0.4) is 0 Å². The van der Waals surface area contributed by atoms with Crippen LogP contribution >= 0.6 is 15.9 Å². The highest BCUT2D eigenvalue weighted by molar-refractivity contribution is 9.10. The first-order valence-corrected chi connectivity index (χ1v) is 9.30. The Morgan fingerprint density at radius 3 is 2.29 bits per heavy atom. The summed E-state index contributed by atoms with van der Waals surface area (Å²) in [6.45, 7) is 2.71. The zero-order valence-corrected chi connectivity index (χ0v) is 15.3. The zero-order chi connectivity index (χ0) is 16.9. The van der Waals surface area contributed by atoms with E-state index in [2.05, 4.69) is 20.8 Å². The van der Waals surface area contributed by atoms with Crippen LogP contribution < -0.4 is 0 Å². The first kappa shape index (κ1) is 17.6. The molecule has 0 amide bonds. The fourth-order valence-corrected chi connectivity index (χ4v) is 3.63. The maximum atomic E-state index is 13.0. The molecule has 2 aromatic carbocycles. The van der Waals surface area contributed by atoms with E-state index in [9.17, 15) is 9.50 Å². The molecule has 1 saturated heterocycles. The van der Waals surface area contributed by atoms with E-state index in [0.717, 1.165) is 42.4 Å². The Hall–Kier alpha value is -1.23. The summed E-state index contributed by atoms with van der Waals surface area (Å²) in [6.07, 6.45) is 2.84. The second-order valence-corrected chi connectivity index (χ2v) is 7.56. The van der Waals surface area contributed by atoms with Crippen LogP contribution in [0.1, 0.15) is 30.1 Å². The lowest BCUT2D eigenvalue weighted by Crippen LogP contribution is -2.37. The topological polar surface area (TPSA) is 23.5 Å². The van der Waals surface area contributed by atoms with Gasteiger partial charge in [0.2, 0.25) is 0 Å². The van der Waals surface area contributed by atoms with E-state index in [1.54, 1.807) is 12.1 Å². The molecule has 0 aliphatic carbocycles. The van der Waals surface area contributed by atoms with Crippen molar-refractivity contribution in [3.63, 3.8) is 0 Å². The molecule has 1 N–H and O–H groups in total. The number of nitrogens with zero attached hydrogens (tertiary/aromatic N) is 1. The second kappa shape index (κ2) is 8.24. The summed E-state index contributed by atoms with van der Waals surface area (Å²) in [5.74, 6) is 0.479. The van der Waals surface area contributed by atoms with Gasteiger partial charge in [0.05, 0.1) is 6.10 Å². The van der Waals surface area contributed by atoms with Crippen molar-refractivity contribution in [2.75, 3.05) is 19.6 Å². The van der Waals surface area contributed by atoms with Crippen molar-refractivity contribution < 1.29 is 9.50 Å². The molecule has 1 heterocycles. The Bertz CT molecular complexity index is 636. The van der Waals surface area contributed by atoms with Gasteiger partial charge in [-0.25, -0.2) is 4.39 Å². The molecular weight excluding hydrogens is 369 g/mol. The van der Waals surface area contributed by atoms with Gasteiger partial charge in [0.15, 0.2) is 0 Å². The first-order chi connectivity index (χ1) is 11.6. The molecule has 1 atom stereocenters. The fourth-order valence-electron chi connectivity index (χ4n) is 3.36. The minimum Gasteiger partial charge on any atom is -0.387 e. The van der Waals surface area contributed by atoms with E-state index in [1.807, 2.05) is 36.4 Å². The van der Waals surface area contributed by atoms with Crippen LogP contribution in [0, 0.1) is 11.7 Å². The molecule has 0 aromatic heterocycles. The zero-order valence-electron chi connectivity index (χ0n) is 13.7. The smallest absolute Gasteiger partial charge is 0.123 e. The number of aliphatic hydroxyl groups excluding tert-OH is 1. The van der Waals surface area contributed by atoms with Gasteiger partial charge in [-0.2, -0.15) is 0 Å². The second-order valence-electron chi connectivity index (χ2n) is 6.64. The fraction of sp³-hybridized carbons (Fsp3) is 0.400. The Kier molecular flexibility index (Phi) is 6.04. The highest BCUT2D eigenvalue weighted by atomic mass is 79.9. The average molecular weight is 392 g/mol. The predicted octanol–water partition coefficient (Wildman–Crippen LogP) is 4.58. The molecule has 1 aliphatic heterocycles. The van der Waals surface area contributed by atoms with Gasteiger partial charge >= 0.3 is 0 Å². The highest BCUT2D eigenvalue weighted by Gasteiger charge is 2.21. The van der Waals surface area contributed by atoms with Crippen LogP contribution in [0.15, 0.2) is 53.0 Å². The van der Waals surface area contributed by atoms with E-state index < -0.39 is 6.10 Å². The van der Waals surface area contributed by atoms with Gasteiger partial charge < -0.3 is 10.0 Å². The molecule has 2 nitrogen and oxygen atoms in total. The lowest BCUT2D eigenvalue weighted by Gasteiger charge is -2.33. The van der Waals surface area contributed by atoms with Gasteiger partial charge in [-0.3, -0.25) is 0 Å². The monoisotopic (exact) mass is 391 g/mol. The maximum absolute atomic E-state index is 13.0. The molecule has 1 aliphatic rings. The molecule has 3 rings (SSSR count). The summed E-state index contributed by atoms with van der Waals surface area (Å²) in [5, 5.41) is 10.4. The summed E-state index contributed by atoms with van der Waals surface area (Å²) < 4.78 is 14.0. The standard InChI is InChI=1S/C20H23BrFNO/c21-18-5-3-17(4-6-18)20(24)14-23-11-9-16(10-12-23)13-15-1-7-19(22)8-2-15/h1-8,16,20,24H,9-14H2/t20-/m0/s1. The van der Waals surface area contributed by atoms with Gasteiger partial charge in [0.25, 0.3) is 0 Å². The van der Waals surface area contributed by atoms with E-state index in [0.29, 0.717) is 12.5 Å². The number of piperidine rings is 1. The average Bonchev–Trinajstić information content (AvgIpc) is 2.59. The number of halogens is 2. The Balaban J connectivity index is 1.46. The van der Waals surface area contributed by atoms with Crippen LogP contribution in [-0.2, 0) is 6.42 Å². The number of β-amino-alcohol motifs (C(OH)–C–C–N with tert-alkyl or cyclic N) is 1. The number of aliphatic hydroxyl groups is 1. The maximum Gasteiger partial charge on any atom is 0.123 e. The van der Waals surface area contributed by atoms with Crippen molar-refractivity contribution in [1.82, 2.24) is 4.90 Å². The predicted molar refractivity (Wildman–Crippen MR) is 98.4 cm³/mol. The molecule has 0 radical (unpaired) electrons. The summed E-state index contributed by atoms with van der Waals surface area (Å²) in [6, 6.07) is 14.7. The van der Waals surface area contributed by atoms with Crippen molar-refractivity contribution in [2.45, 2.75) is 25.4 Å². The molecule has 24 heavy (non-hydrogen) atoms. The van der Waals surface area contributed by atoms with Crippen LogP contribution in [0.25, 0.3) is 0 Å². The van der Waals surface area contributed by atoms with Crippen molar-refractivity contribution in [3.05, 3.63) is 69.9 Å². The molecular formula is C20H23BrFNO. The summed E-state index contributed by atoms with van der Waals surface area (Å²) in [5.41, 5.74) is 2.18. The largest absolute Gasteiger partial charge is 0.387 e. The molecule has 1 fully saturated rings. The summed E-state index contributed by atoms with van der Waals surface area (Å²) in [7, 11) is 0. The Morgan fingerprint density at radius 2 is 1.67 bits per heavy atom. The minimum atomic E-state index is -0.438. The molecule has 0 unspecified atom stereocenters. The Labute approximate surface area is 151 Å². The summed E-state index contributed by atoms with van der Waals surface area (Å²) >= 11 is 3.42. The van der Waals surface area contributed by atoms with E-state index in [-0.39, 0.29) is 5.82 Å². The minimum absolute atomic E-state index is 0.171. The van der Waals surface area contributed by atoms with E-state index in [1.165, 1.54) is 5.56 Å². The normalized spacial score (nSPS) is 17.8. The van der Waals surface area contributed by atoms with Gasteiger partial charge in [-0.1, -0.05) is 40.2 Å². The third kappa shape index (κ3) is 4.88. The highest BCUT2D eigenvalue weighted by Crippen LogP contribution is 2.24. The molecule has 4 heteroatoms. The third-order valence-electron chi connectivity index (χ3n) is 4.83. The van der Waals surface area contributed by atoms with Gasteiger partial charge in [-0.15, -0.1) is 0 Å². The number of hydrogen-bond donors (Lipinski definition) is 1. The van der Waals surface area contributed by atoms with Crippen molar-refractivity contribution in [2.24, 2.45) is 5.92 Å². The molecule has 0 bridgehead atoms. The number of benzene rings is 2. The molecule has 0 saturated carbocycles. The van der Waals surface area contributed by atoms with Gasteiger partial charge in [-0.05, 0) is 73.7 Å². The number of likely N-dealkylation sites (tertiary alicyclic amines) is 1. The van der Waals surface area contributed by atoms with Crippen LogP contribution in [0.4, 0.5) is 4.39 Å². The lowest BCUT2D eigenvalue weighted by atomic mass is 9.90. The van der Waals surface area contributed by atoms with E-state index in [4.69, 9.17) is 0 Å². The molecule has 2 aromatic rings. The van der Waals surface area contributed by atoms with Crippen LogP contribution in [0.5, 0.6) is 0 Å². The quantitative estimate of drug-likeness (QED) is 0.806. The van der Waals surface area contributed by atoms with Crippen molar-refractivity contribution in [3.8, 4) is 0 Å². The van der Waals surface area contributed by atoms with Crippen molar-refractivity contribution in [1.29, 1.82) is 0 Å². The molecule has 0 spiro atoms. The number of rotatable bonds is 5.